The number of carbonyl (C=O) groups excluding carboxylic acids is 1. The summed E-state index contributed by atoms with van der Waals surface area (Å²) in [5.74, 6) is -0.353. The molecular formula is C13H21N3O3S. The van der Waals surface area contributed by atoms with E-state index in [1.165, 1.54) is 13.1 Å². The van der Waals surface area contributed by atoms with Gasteiger partial charge in [-0.3, -0.25) is 4.79 Å². The monoisotopic (exact) mass is 299 g/mol. The number of rotatable bonds is 5. The number of nitrogens with one attached hydrogen (secondary N) is 1. The summed E-state index contributed by atoms with van der Waals surface area (Å²) in [7, 11) is -2.27. The molecule has 0 unspecified atom stereocenters. The van der Waals surface area contributed by atoms with Crippen LogP contribution in [0.3, 0.4) is 0 Å². The van der Waals surface area contributed by atoms with Crippen molar-refractivity contribution in [2.75, 3.05) is 25.9 Å². The van der Waals surface area contributed by atoms with Crippen LogP contribution in [0, 0.1) is 13.8 Å². The molecule has 0 aliphatic carbocycles. The molecule has 6 nitrogen and oxygen atoms in total. The van der Waals surface area contributed by atoms with Crippen molar-refractivity contribution >= 4 is 21.6 Å². The van der Waals surface area contributed by atoms with Gasteiger partial charge in [-0.15, -0.1) is 0 Å². The van der Waals surface area contributed by atoms with E-state index in [9.17, 15) is 13.2 Å². The molecule has 0 fully saturated rings. The highest BCUT2D eigenvalue weighted by Gasteiger charge is 2.27. The minimum atomic E-state index is -3.74. The van der Waals surface area contributed by atoms with Crippen LogP contribution in [0.2, 0.25) is 0 Å². The van der Waals surface area contributed by atoms with Gasteiger partial charge < -0.3 is 11.1 Å². The summed E-state index contributed by atoms with van der Waals surface area (Å²) in [6.07, 6.45) is 0. The van der Waals surface area contributed by atoms with Gasteiger partial charge >= 0.3 is 0 Å². The SMILES string of the molecule is CCN(CC(=O)NC)S(=O)(=O)c1cc(N)cc(C)c1C. The van der Waals surface area contributed by atoms with Gasteiger partial charge in [0.05, 0.1) is 11.4 Å². The molecule has 0 heterocycles. The molecule has 0 aliphatic heterocycles. The van der Waals surface area contributed by atoms with Gasteiger partial charge in [-0.05, 0) is 37.1 Å². The van der Waals surface area contributed by atoms with Crippen LogP contribution in [0.25, 0.3) is 0 Å². The average Bonchev–Trinajstić information content (AvgIpc) is 2.39. The molecule has 0 spiro atoms. The third kappa shape index (κ3) is 3.29. The molecule has 1 aromatic rings. The van der Waals surface area contributed by atoms with Gasteiger partial charge in [-0.1, -0.05) is 6.92 Å². The Morgan fingerprint density at radius 3 is 2.45 bits per heavy atom. The maximum atomic E-state index is 12.6. The molecule has 7 heteroatoms. The number of likely N-dealkylation sites (N-methyl/N-ethyl adjacent to an activating group) is 2. The molecule has 1 rings (SSSR count). The van der Waals surface area contributed by atoms with Crippen LogP contribution in [0.15, 0.2) is 17.0 Å². The van der Waals surface area contributed by atoms with Crippen LogP contribution >= 0.6 is 0 Å². The van der Waals surface area contributed by atoms with E-state index in [-0.39, 0.29) is 23.9 Å². The van der Waals surface area contributed by atoms with Crippen molar-refractivity contribution in [1.82, 2.24) is 9.62 Å². The fraction of sp³-hybridized carbons (Fsp3) is 0.462. The molecule has 20 heavy (non-hydrogen) atoms. The summed E-state index contributed by atoms with van der Waals surface area (Å²) in [4.78, 5) is 11.6. The second kappa shape index (κ2) is 6.23. The van der Waals surface area contributed by atoms with Crippen molar-refractivity contribution in [2.24, 2.45) is 0 Å². The first-order chi connectivity index (χ1) is 9.23. The molecule has 112 valence electrons. The molecule has 1 amide bonds. The maximum absolute atomic E-state index is 12.6. The largest absolute Gasteiger partial charge is 0.399 e. The summed E-state index contributed by atoms with van der Waals surface area (Å²) in [5, 5.41) is 2.42. The number of amides is 1. The molecule has 0 saturated carbocycles. The van der Waals surface area contributed by atoms with E-state index in [2.05, 4.69) is 5.32 Å². The zero-order chi connectivity index (χ0) is 15.5. The number of benzene rings is 1. The fourth-order valence-corrected chi connectivity index (χ4v) is 3.61. The highest BCUT2D eigenvalue weighted by molar-refractivity contribution is 7.89. The summed E-state index contributed by atoms with van der Waals surface area (Å²) >= 11 is 0. The van der Waals surface area contributed by atoms with E-state index in [0.717, 1.165) is 9.87 Å². The standard InChI is InChI=1S/C13H21N3O3S/c1-5-16(8-13(17)15-4)20(18,19)12-7-11(14)6-9(2)10(12)3/h6-7H,5,8,14H2,1-4H3,(H,15,17). The van der Waals surface area contributed by atoms with Crippen molar-refractivity contribution in [2.45, 2.75) is 25.7 Å². The summed E-state index contributed by atoms with van der Waals surface area (Å²) in [6, 6.07) is 3.16. The molecule has 0 radical (unpaired) electrons. The first-order valence-corrected chi connectivity index (χ1v) is 7.75. The van der Waals surface area contributed by atoms with Crippen LogP contribution in [-0.4, -0.2) is 38.8 Å². The molecule has 1 aromatic carbocycles. The van der Waals surface area contributed by atoms with E-state index in [0.29, 0.717) is 11.3 Å². The zero-order valence-electron chi connectivity index (χ0n) is 12.2. The third-order valence-electron chi connectivity index (χ3n) is 3.21. The lowest BCUT2D eigenvalue weighted by Gasteiger charge is -2.21. The molecule has 0 atom stereocenters. The smallest absolute Gasteiger partial charge is 0.243 e. The van der Waals surface area contributed by atoms with E-state index >= 15 is 0 Å². The molecular weight excluding hydrogens is 278 g/mol. The summed E-state index contributed by atoms with van der Waals surface area (Å²) < 4.78 is 26.4. The van der Waals surface area contributed by atoms with Gasteiger partial charge in [0.2, 0.25) is 15.9 Å². The van der Waals surface area contributed by atoms with Crippen LogP contribution in [-0.2, 0) is 14.8 Å². The topological polar surface area (TPSA) is 92.5 Å². The van der Waals surface area contributed by atoms with E-state index in [1.54, 1.807) is 26.8 Å². The quantitative estimate of drug-likeness (QED) is 0.780. The summed E-state index contributed by atoms with van der Waals surface area (Å²) in [5.41, 5.74) is 7.58. The molecule has 0 saturated heterocycles. The number of carbonyl (C=O) groups is 1. The number of hydrogen-bond acceptors (Lipinski definition) is 4. The van der Waals surface area contributed by atoms with E-state index in [1.807, 2.05) is 0 Å². The molecule has 0 bridgehead atoms. The number of hydrogen-bond donors (Lipinski definition) is 2. The highest BCUT2D eigenvalue weighted by Crippen LogP contribution is 2.25. The predicted octanol–water partition coefficient (Wildman–Crippen LogP) is 0.642. The number of nitrogens with two attached hydrogens (primary N) is 1. The van der Waals surface area contributed by atoms with Crippen molar-refractivity contribution < 1.29 is 13.2 Å². The second-order valence-corrected chi connectivity index (χ2v) is 6.47. The van der Waals surface area contributed by atoms with Crippen molar-refractivity contribution in [3.8, 4) is 0 Å². The first-order valence-electron chi connectivity index (χ1n) is 6.31. The maximum Gasteiger partial charge on any atom is 0.243 e. The Morgan fingerprint density at radius 2 is 1.95 bits per heavy atom. The second-order valence-electron chi connectivity index (χ2n) is 4.57. The first kappa shape index (κ1) is 16.5. The number of sulfonamides is 1. The van der Waals surface area contributed by atoms with Gasteiger partial charge in [0.15, 0.2) is 0 Å². The van der Waals surface area contributed by atoms with Gasteiger partial charge in [-0.25, -0.2) is 8.42 Å². The van der Waals surface area contributed by atoms with E-state index in [4.69, 9.17) is 5.73 Å². The number of nitrogen functional groups attached to an aromatic ring is 1. The minimum absolute atomic E-state index is 0.153. The Morgan fingerprint density at radius 1 is 1.35 bits per heavy atom. The Bertz CT molecular complexity index is 612. The lowest BCUT2D eigenvalue weighted by atomic mass is 10.1. The van der Waals surface area contributed by atoms with Crippen LogP contribution in [0.5, 0.6) is 0 Å². The van der Waals surface area contributed by atoms with Crippen LogP contribution < -0.4 is 11.1 Å². The highest BCUT2D eigenvalue weighted by atomic mass is 32.2. The Balaban J connectivity index is 3.31. The van der Waals surface area contributed by atoms with Crippen LogP contribution in [0.1, 0.15) is 18.1 Å². The van der Waals surface area contributed by atoms with E-state index < -0.39 is 10.0 Å². The predicted molar refractivity (Wildman–Crippen MR) is 78.8 cm³/mol. The fourth-order valence-electron chi connectivity index (χ4n) is 1.87. The van der Waals surface area contributed by atoms with Gasteiger partial charge in [0.1, 0.15) is 0 Å². The minimum Gasteiger partial charge on any atom is -0.399 e. The van der Waals surface area contributed by atoms with Gasteiger partial charge in [-0.2, -0.15) is 4.31 Å². The molecule has 0 aromatic heterocycles. The Kier molecular flexibility index (Phi) is 5.13. The van der Waals surface area contributed by atoms with Gasteiger partial charge in [0.25, 0.3) is 0 Å². The lowest BCUT2D eigenvalue weighted by molar-refractivity contribution is -0.120. The van der Waals surface area contributed by atoms with Crippen LogP contribution in [0.4, 0.5) is 5.69 Å². The third-order valence-corrected chi connectivity index (χ3v) is 5.26. The Labute approximate surface area is 120 Å². The molecule has 0 aliphatic rings. The zero-order valence-corrected chi connectivity index (χ0v) is 13.0. The van der Waals surface area contributed by atoms with Crippen molar-refractivity contribution in [3.63, 3.8) is 0 Å². The molecule has 3 N–H and O–H groups in total. The van der Waals surface area contributed by atoms with Crippen molar-refractivity contribution in [1.29, 1.82) is 0 Å². The average molecular weight is 299 g/mol. The van der Waals surface area contributed by atoms with Crippen molar-refractivity contribution in [3.05, 3.63) is 23.3 Å². The normalized spacial score (nSPS) is 11.7. The van der Waals surface area contributed by atoms with Gasteiger partial charge in [0, 0.05) is 19.3 Å². The Hall–Kier alpha value is -1.60. The number of anilines is 1. The number of nitrogens with zero attached hydrogens (tertiary/aromatic N) is 1. The lowest BCUT2D eigenvalue weighted by Crippen LogP contribution is -2.39. The summed E-state index contributed by atoms with van der Waals surface area (Å²) in [6.45, 7) is 5.23. The number of aryl methyl sites for hydroxylation is 1.